The smallest absolute Gasteiger partial charge is 0.462 e. The van der Waals surface area contributed by atoms with Gasteiger partial charge in [-0.05, 0) is 49.4 Å². The Bertz CT molecular complexity index is 1650. The SMILES string of the molecule is CCC(C)CCCCCCCCC(=O)OC[C@H](COP(=O)(O)OC[C@H](O)COP(=O)(O)OC[C@@H](COC(=O)CCCCCCCCCC(C)C)OC(=O)CCCCCCCCCCCC(C)C)OC(=O)CCCCCCCCC(C)CC. The van der Waals surface area contributed by atoms with E-state index in [4.69, 9.17) is 37.0 Å². The van der Waals surface area contributed by atoms with Gasteiger partial charge < -0.3 is 33.8 Å². The number of aliphatic hydroxyl groups excluding tert-OH is 1. The molecule has 486 valence electrons. The van der Waals surface area contributed by atoms with E-state index in [2.05, 4.69) is 55.4 Å². The molecule has 0 aromatic carbocycles. The maximum atomic E-state index is 13.0. The van der Waals surface area contributed by atoms with Crippen molar-refractivity contribution in [3.05, 3.63) is 0 Å². The second-order valence-corrected chi connectivity index (χ2v) is 27.1. The Labute approximate surface area is 498 Å². The first kappa shape index (κ1) is 80.1. The third-order valence-corrected chi connectivity index (χ3v) is 16.9. The van der Waals surface area contributed by atoms with E-state index in [0.29, 0.717) is 31.6 Å². The van der Waals surface area contributed by atoms with E-state index in [0.717, 1.165) is 120 Å². The van der Waals surface area contributed by atoms with Crippen molar-refractivity contribution in [2.75, 3.05) is 39.6 Å². The molecular formula is C63H122O17P2. The van der Waals surface area contributed by atoms with Crippen LogP contribution in [0.5, 0.6) is 0 Å². The second kappa shape index (κ2) is 53.3. The number of hydrogen-bond acceptors (Lipinski definition) is 15. The van der Waals surface area contributed by atoms with Gasteiger partial charge in [-0.1, -0.05) is 248 Å². The molecule has 4 unspecified atom stereocenters. The van der Waals surface area contributed by atoms with Gasteiger partial charge in [-0.2, -0.15) is 0 Å². The number of hydrogen-bond donors (Lipinski definition) is 3. The van der Waals surface area contributed by atoms with Crippen LogP contribution in [0.15, 0.2) is 0 Å². The zero-order valence-electron chi connectivity index (χ0n) is 53.1. The molecule has 0 aromatic heterocycles. The lowest BCUT2D eigenvalue weighted by atomic mass is 10.00. The van der Waals surface area contributed by atoms with Gasteiger partial charge in [-0.3, -0.25) is 37.3 Å². The Morgan fingerprint density at radius 1 is 0.341 bits per heavy atom. The quantitative estimate of drug-likeness (QED) is 0.0222. The summed E-state index contributed by atoms with van der Waals surface area (Å²) in [4.78, 5) is 72.1. The molecule has 0 heterocycles. The number of unbranched alkanes of at least 4 members (excludes halogenated alkanes) is 24. The summed E-state index contributed by atoms with van der Waals surface area (Å²) < 4.78 is 67.9. The van der Waals surface area contributed by atoms with Crippen LogP contribution in [0, 0.1) is 23.7 Å². The van der Waals surface area contributed by atoms with Gasteiger partial charge in [0.05, 0.1) is 26.4 Å². The summed E-state index contributed by atoms with van der Waals surface area (Å²) in [5.41, 5.74) is 0. The lowest BCUT2D eigenvalue weighted by Gasteiger charge is -2.21. The summed E-state index contributed by atoms with van der Waals surface area (Å²) in [6.45, 7) is 13.9. The second-order valence-electron chi connectivity index (χ2n) is 24.2. The normalized spacial score (nSPS) is 15.1. The third kappa shape index (κ3) is 54.7. The maximum absolute atomic E-state index is 13.0. The van der Waals surface area contributed by atoms with Crippen LogP contribution < -0.4 is 0 Å². The molecule has 82 heavy (non-hydrogen) atoms. The summed E-state index contributed by atoms with van der Waals surface area (Å²) in [6, 6.07) is 0. The van der Waals surface area contributed by atoms with E-state index < -0.39 is 97.5 Å². The average Bonchev–Trinajstić information content (AvgIpc) is 3.44. The molecular weight excluding hydrogens is 1090 g/mol. The first-order valence-electron chi connectivity index (χ1n) is 32.8. The minimum atomic E-state index is -4.94. The van der Waals surface area contributed by atoms with Gasteiger partial charge >= 0.3 is 39.5 Å². The molecule has 0 spiro atoms. The number of phosphoric acid groups is 2. The van der Waals surface area contributed by atoms with Crippen molar-refractivity contribution in [1.82, 2.24) is 0 Å². The Morgan fingerprint density at radius 3 is 0.866 bits per heavy atom. The fourth-order valence-corrected chi connectivity index (χ4v) is 10.8. The number of rotatable bonds is 60. The van der Waals surface area contributed by atoms with Crippen LogP contribution in [0.2, 0.25) is 0 Å². The number of carbonyl (C=O) groups excluding carboxylic acids is 4. The van der Waals surface area contributed by atoms with Crippen LogP contribution in [0.4, 0.5) is 0 Å². The van der Waals surface area contributed by atoms with Gasteiger partial charge in [-0.15, -0.1) is 0 Å². The molecule has 0 fully saturated rings. The molecule has 0 aliphatic heterocycles. The number of phosphoric ester groups is 2. The van der Waals surface area contributed by atoms with Crippen molar-refractivity contribution >= 4 is 39.5 Å². The molecule has 0 bridgehead atoms. The molecule has 0 saturated heterocycles. The summed E-state index contributed by atoms with van der Waals surface area (Å²) in [6.07, 6.45) is 32.2. The summed E-state index contributed by atoms with van der Waals surface area (Å²) in [5.74, 6) is 0.748. The van der Waals surface area contributed by atoms with Crippen LogP contribution in [0.3, 0.4) is 0 Å². The molecule has 17 nitrogen and oxygen atoms in total. The summed E-state index contributed by atoms with van der Waals surface area (Å²) in [5, 5.41) is 10.5. The highest BCUT2D eigenvalue weighted by Crippen LogP contribution is 2.45. The number of carbonyl (C=O) groups is 4. The minimum Gasteiger partial charge on any atom is -0.462 e. The predicted octanol–water partition coefficient (Wildman–Crippen LogP) is 17.0. The van der Waals surface area contributed by atoms with Crippen LogP contribution in [0.1, 0.15) is 299 Å². The van der Waals surface area contributed by atoms with Gasteiger partial charge in [0, 0.05) is 25.7 Å². The van der Waals surface area contributed by atoms with Crippen molar-refractivity contribution < 1.29 is 80.2 Å². The molecule has 7 atom stereocenters. The first-order valence-corrected chi connectivity index (χ1v) is 35.8. The van der Waals surface area contributed by atoms with Gasteiger partial charge in [0.15, 0.2) is 12.2 Å². The van der Waals surface area contributed by atoms with E-state index in [1.165, 1.54) is 89.9 Å². The number of esters is 4. The van der Waals surface area contributed by atoms with Gasteiger partial charge in [-0.25, -0.2) is 9.13 Å². The molecule has 0 aliphatic rings. The van der Waals surface area contributed by atoms with Crippen LogP contribution in [-0.4, -0.2) is 96.7 Å². The largest absolute Gasteiger partial charge is 0.472 e. The third-order valence-electron chi connectivity index (χ3n) is 15.0. The fourth-order valence-electron chi connectivity index (χ4n) is 9.19. The number of ether oxygens (including phenoxy) is 4. The molecule has 3 N–H and O–H groups in total. The predicted molar refractivity (Wildman–Crippen MR) is 326 cm³/mol. The Hall–Kier alpha value is -1.94. The van der Waals surface area contributed by atoms with Crippen LogP contribution in [0.25, 0.3) is 0 Å². The van der Waals surface area contributed by atoms with E-state index in [1.807, 2.05) is 0 Å². The van der Waals surface area contributed by atoms with Gasteiger partial charge in [0.1, 0.15) is 19.3 Å². The highest BCUT2D eigenvalue weighted by atomic mass is 31.2. The van der Waals surface area contributed by atoms with Crippen molar-refractivity contribution in [1.29, 1.82) is 0 Å². The van der Waals surface area contributed by atoms with Gasteiger partial charge in [0.2, 0.25) is 0 Å². The monoisotopic (exact) mass is 1210 g/mol. The minimum absolute atomic E-state index is 0.101. The first-order chi connectivity index (χ1) is 39.2. The van der Waals surface area contributed by atoms with E-state index in [1.54, 1.807) is 0 Å². The zero-order chi connectivity index (χ0) is 61.1. The molecule has 0 radical (unpaired) electrons. The van der Waals surface area contributed by atoms with Crippen LogP contribution in [-0.2, 0) is 65.4 Å². The van der Waals surface area contributed by atoms with E-state index in [9.17, 15) is 43.2 Å². The van der Waals surface area contributed by atoms with E-state index >= 15 is 0 Å². The van der Waals surface area contributed by atoms with Gasteiger partial charge in [0.25, 0.3) is 0 Å². The molecule has 0 aliphatic carbocycles. The molecule has 0 amide bonds. The van der Waals surface area contributed by atoms with Crippen molar-refractivity contribution in [3.63, 3.8) is 0 Å². The Morgan fingerprint density at radius 2 is 0.585 bits per heavy atom. The molecule has 0 aromatic rings. The highest BCUT2D eigenvalue weighted by Gasteiger charge is 2.30. The van der Waals surface area contributed by atoms with E-state index in [-0.39, 0.29) is 25.7 Å². The average molecular weight is 1210 g/mol. The van der Waals surface area contributed by atoms with Crippen molar-refractivity contribution in [2.24, 2.45) is 23.7 Å². The van der Waals surface area contributed by atoms with Crippen LogP contribution >= 0.6 is 15.6 Å². The van der Waals surface area contributed by atoms with Crippen molar-refractivity contribution in [2.45, 2.75) is 318 Å². The van der Waals surface area contributed by atoms with Crippen molar-refractivity contribution in [3.8, 4) is 0 Å². The maximum Gasteiger partial charge on any atom is 0.472 e. The summed E-state index contributed by atoms with van der Waals surface area (Å²) >= 11 is 0. The number of aliphatic hydroxyl groups is 1. The fraction of sp³-hybridized carbons (Fsp3) is 0.937. The summed E-state index contributed by atoms with van der Waals surface area (Å²) in [7, 11) is -9.89. The lowest BCUT2D eigenvalue weighted by molar-refractivity contribution is -0.161. The molecule has 0 rings (SSSR count). The standard InChI is InChI=1S/C63H122O17P2/c1-9-55(7)41-33-25-19-21-28-36-44-61(66)74-50-59(80-63(68)46-38-30-22-20-26-34-42-56(8)10-2)52-78-82(71,72)76-48-57(64)47-75-81(69,70)77-51-58(49-73-60(65)43-35-27-18-14-16-24-32-40-54(5)6)79-62(67)45-37-29-17-13-11-12-15-23-31-39-53(3)4/h53-59,64H,9-52H2,1-8H3,(H,69,70)(H,71,72)/t55?,56?,57-,58-,59-/m1/s1. The molecule has 0 saturated carbocycles. The zero-order valence-corrected chi connectivity index (χ0v) is 54.9. The highest BCUT2D eigenvalue weighted by molar-refractivity contribution is 7.47. The molecule has 19 heteroatoms. The Kier molecular flexibility index (Phi) is 52.0. The lowest BCUT2D eigenvalue weighted by Crippen LogP contribution is -2.30. The topological polar surface area (TPSA) is 237 Å². The Balaban J connectivity index is 5.27.